The minimum absolute atomic E-state index is 0.158. The monoisotopic (exact) mass is 209 g/mol. The van der Waals surface area contributed by atoms with Crippen molar-refractivity contribution in [3.05, 3.63) is 0 Å². The number of ether oxygens (including phenoxy) is 1. The lowest BCUT2D eigenvalue weighted by molar-refractivity contribution is -0.170. The SMILES string of the molecule is CC1COCCN1CC(F)(F)C(=O)O. The van der Waals surface area contributed by atoms with Crippen LogP contribution in [-0.4, -0.2) is 54.2 Å². The maximum absolute atomic E-state index is 12.8. The molecule has 0 aromatic heterocycles. The number of aliphatic carboxylic acids is 1. The highest BCUT2D eigenvalue weighted by Gasteiger charge is 2.41. The van der Waals surface area contributed by atoms with Crippen LogP contribution in [0, 0.1) is 0 Å². The normalized spacial score (nSPS) is 24.9. The Morgan fingerprint density at radius 1 is 1.71 bits per heavy atom. The molecule has 1 aliphatic heterocycles. The van der Waals surface area contributed by atoms with E-state index >= 15 is 0 Å². The predicted octanol–water partition coefficient (Wildman–Crippen LogP) is 0.427. The maximum Gasteiger partial charge on any atom is 0.375 e. The summed E-state index contributed by atoms with van der Waals surface area (Å²) < 4.78 is 30.7. The molecule has 0 aliphatic carbocycles. The van der Waals surface area contributed by atoms with E-state index < -0.39 is 18.4 Å². The summed E-state index contributed by atoms with van der Waals surface area (Å²) in [5, 5.41) is 8.25. The minimum atomic E-state index is -3.68. The highest BCUT2D eigenvalue weighted by Crippen LogP contribution is 2.18. The quantitative estimate of drug-likeness (QED) is 0.732. The first-order chi connectivity index (χ1) is 6.43. The van der Waals surface area contributed by atoms with Crippen LogP contribution in [0.2, 0.25) is 0 Å². The minimum Gasteiger partial charge on any atom is -0.477 e. The topological polar surface area (TPSA) is 49.8 Å². The third kappa shape index (κ3) is 2.62. The Bertz CT molecular complexity index is 223. The first-order valence-corrected chi connectivity index (χ1v) is 4.36. The Balaban J connectivity index is 2.53. The van der Waals surface area contributed by atoms with E-state index in [0.29, 0.717) is 19.8 Å². The molecule has 0 aromatic carbocycles. The standard InChI is InChI=1S/C8H13F2NO3/c1-6-4-14-3-2-11(6)5-8(9,10)7(12)13/h6H,2-5H2,1H3,(H,12,13). The molecular formula is C8H13F2NO3. The molecule has 0 bridgehead atoms. The van der Waals surface area contributed by atoms with Gasteiger partial charge in [-0.25, -0.2) is 4.79 Å². The lowest BCUT2D eigenvalue weighted by atomic mass is 10.2. The summed E-state index contributed by atoms with van der Waals surface area (Å²) in [6, 6.07) is -0.158. The first-order valence-electron chi connectivity index (χ1n) is 4.36. The summed E-state index contributed by atoms with van der Waals surface area (Å²) in [7, 11) is 0. The van der Waals surface area contributed by atoms with E-state index in [4.69, 9.17) is 9.84 Å². The smallest absolute Gasteiger partial charge is 0.375 e. The van der Waals surface area contributed by atoms with Gasteiger partial charge in [0, 0.05) is 12.6 Å². The van der Waals surface area contributed by atoms with E-state index in [1.54, 1.807) is 6.92 Å². The molecule has 0 aromatic rings. The molecule has 1 aliphatic rings. The summed E-state index contributed by atoms with van der Waals surface area (Å²) in [6.07, 6.45) is 0. The second kappa shape index (κ2) is 4.18. The van der Waals surface area contributed by atoms with Crippen molar-refractivity contribution in [1.82, 2.24) is 4.90 Å². The number of carboxylic acids is 1. The van der Waals surface area contributed by atoms with E-state index in [-0.39, 0.29) is 6.04 Å². The Kier molecular flexibility index (Phi) is 3.38. The number of halogens is 2. The molecule has 14 heavy (non-hydrogen) atoms. The van der Waals surface area contributed by atoms with Crippen molar-refractivity contribution in [2.24, 2.45) is 0 Å². The Labute approximate surface area is 80.4 Å². The molecule has 0 radical (unpaired) electrons. The van der Waals surface area contributed by atoms with E-state index in [9.17, 15) is 13.6 Å². The van der Waals surface area contributed by atoms with Crippen molar-refractivity contribution in [3.8, 4) is 0 Å². The molecule has 4 nitrogen and oxygen atoms in total. The first kappa shape index (κ1) is 11.3. The van der Waals surface area contributed by atoms with Gasteiger partial charge in [-0.1, -0.05) is 0 Å². The van der Waals surface area contributed by atoms with Crippen molar-refractivity contribution in [1.29, 1.82) is 0 Å². The average Bonchev–Trinajstić information content (AvgIpc) is 2.08. The summed E-state index contributed by atoms with van der Waals surface area (Å²) in [5.74, 6) is -5.75. The van der Waals surface area contributed by atoms with E-state index in [1.165, 1.54) is 4.90 Å². The molecule has 1 N–H and O–H groups in total. The van der Waals surface area contributed by atoms with Crippen molar-refractivity contribution in [2.45, 2.75) is 18.9 Å². The fraction of sp³-hybridized carbons (Fsp3) is 0.875. The van der Waals surface area contributed by atoms with Crippen LogP contribution in [0.4, 0.5) is 8.78 Å². The van der Waals surface area contributed by atoms with Crippen molar-refractivity contribution >= 4 is 5.97 Å². The van der Waals surface area contributed by atoms with Crippen molar-refractivity contribution < 1.29 is 23.4 Å². The summed E-state index contributed by atoms with van der Waals surface area (Å²) >= 11 is 0. The number of hydrogen-bond donors (Lipinski definition) is 1. The van der Waals surface area contributed by atoms with Gasteiger partial charge in [-0.2, -0.15) is 8.78 Å². The summed E-state index contributed by atoms with van der Waals surface area (Å²) in [6.45, 7) is 2.09. The van der Waals surface area contributed by atoms with Gasteiger partial charge >= 0.3 is 11.9 Å². The molecule has 82 valence electrons. The molecule has 0 spiro atoms. The van der Waals surface area contributed by atoms with Crippen LogP contribution in [0.15, 0.2) is 0 Å². The number of carboxylic acid groups (broad SMARTS) is 1. The molecule has 6 heteroatoms. The molecule has 1 saturated heterocycles. The Morgan fingerprint density at radius 3 is 2.86 bits per heavy atom. The number of hydrogen-bond acceptors (Lipinski definition) is 3. The highest BCUT2D eigenvalue weighted by molar-refractivity contribution is 5.75. The van der Waals surface area contributed by atoms with Gasteiger partial charge in [-0.05, 0) is 6.92 Å². The van der Waals surface area contributed by atoms with E-state index in [2.05, 4.69) is 0 Å². The van der Waals surface area contributed by atoms with Crippen molar-refractivity contribution in [2.75, 3.05) is 26.3 Å². The number of carbonyl (C=O) groups is 1. The zero-order valence-electron chi connectivity index (χ0n) is 7.87. The van der Waals surface area contributed by atoms with Crippen LogP contribution in [0.3, 0.4) is 0 Å². The second-order valence-electron chi connectivity index (χ2n) is 3.40. The van der Waals surface area contributed by atoms with Crippen LogP contribution in [0.5, 0.6) is 0 Å². The molecule has 1 heterocycles. The van der Waals surface area contributed by atoms with Crippen LogP contribution in [0.1, 0.15) is 6.92 Å². The fourth-order valence-electron chi connectivity index (χ4n) is 1.32. The molecule has 1 rings (SSSR count). The third-order valence-electron chi connectivity index (χ3n) is 2.22. The average molecular weight is 209 g/mol. The van der Waals surface area contributed by atoms with Gasteiger partial charge in [0.1, 0.15) is 0 Å². The van der Waals surface area contributed by atoms with Gasteiger partial charge in [0.25, 0.3) is 0 Å². The zero-order chi connectivity index (χ0) is 10.8. The van der Waals surface area contributed by atoms with Gasteiger partial charge in [0.2, 0.25) is 0 Å². The largest absolute Gasteiger partial charge is 0.477 e. The Morgan fingerprint density at radius 2 is 2.36 bits per heavy atom. The van der Waals surface area contributed by atoms with Gasteiger partial charge < -0.3 is 9.84 Å². The maximum atomic E-state index is 12.8. The lowest BCUT2D eigenvalue weighted by Crippen LogP contribution is -2.51. The van der Waals surface area contributed by atoms with Gasteiger partial charge in [0.05, 0.1) is 19.8 Å². The zero-order valence-corrected chi connectivity index (χ0v) is 7.87. The fourth-order valence-corrected chi connectivity index (χ4v) is 1.32. The number of morpholine rings is 1. The summed E-state index contributed by atoms with van der Waals surface area (Å²) in [5.41, 5.74) is 0. The van der Waals surface area contributed by atoms with Gasteiger partial charge in [0.15, 0.2) is 0 Å². The van der Waals surface area contributed by atoms with Crippen molar-refractivity contribution in [3.63, 3.8) is 0 Å². The molecule has 1 atom stereocenters. The predicted molar refractivity (Wildman–Crippen MR) is 44.4 cm³/mol. The summed E-state index contributed by atoms with van der Waals surface area (Å²) in [4.78, 5) is 11.6. The molecule has 0 amide bonds. The van der Waals surface area contributed by atoms with E-state index in [0.717, 1.165) is 0 Å². The Hall–Kier alpha value is -0.750. The van der Waals surface area contributed by atoms with Crippen LogP contribution in [-0.2, 0) is 9.53 Å². The van der Waals surface area contributed by atoms with E-state index in [1.807, 2.05) is 0 Å². The van der Waals surface area contributed by atoms with Crippen LogP contribution >= 0.6 is 0 Å². The molecule has 1 unspecified atom stereocenters. The molecular weight excluding hydrogens is 196 g/mol. The highest BCUT2D eigenvalue weighted by atomic mass is 19.3. The van der Waals surface area contributed by atoms with Crippen LogP contribution < -0.4 is 0 Å². The third-order valence-corrected chi connectivity index (χ3v) is 2.22. The van der Waals surface area contributed by atoms with Gasteiger partial charge in [-0.15, -0.1) is 0 Å². The number of nitrogens with zero attached hydrogens (tertiary/aromatic N) is 1. The lowest BCUT2D eigenvalue weighted by Gasteiger charge is -2.34. The van der Waals surface area contributed by atoms with Gasteiger partial charge in [-0.3, -0.25) is 4.90 Å². The number of rotatable bonds is 3. The van der Waals surface area contributed by atoms with Crippen LogP contribution in [0.25, 0.3) is 0 Å². The molecule has 1 fully saturated rings. The molecule has 0 saturated carbocycles. The number of alkyl halides is 2. The second-order valence-corrected chi connectivity index (χ2v) is 3.40.